The highest BCUT2D eigenvalue weighted by atomic mass is 19.1. The van der Waals surface area contributed by atoms with Crippen LogP contribution < -0.4 is 5.73 Å². The van der Waals surface area contributed by atoms with Crippen molar-refractivity contribution in [3.63, 3.8) is 0 Å². The topological polar surface area (TPSA) is 26.0 Å². The number of aryl methyl sites for hydroxylation is 1. The van der Waals surface area contributed by atoms with Gasteiger partial charge in [0.05, 0.1) is 0 Å². The summed E-state index contributed by atoms with van der Waals surface area (Å²) in [5.74, 6) is -0.308. The van der Waals surface area contributed by atoms with E-state index in [2.05, 4.69) is 0 Å². The molecule has 0 radical (unpaired) electrons. The van der Waals surface area contributed by atoms with Gasteiger partial charge in [-0.05, 0) is 55.9 Å². The molecule has 0 amide bonds. The second-order valence-electron chi connectivity index (χ2n) is 4.76. The zero-order valence-corrected chi connectivity index (χ0v) is 9.47. The van der Waals surface area contributed by atoms with Gasteiger partial charge in [-0.25, -0.2) is 8.78 Å². The fourth-order valence-corrected chi connectivity index (χ4v) is 2.50. The number of halogens is 2. The van der Waals surface area contributed by atoms with Crippen molar-refractivity contribution in [1.29, 1.82) is 0 Å². The molecule has 1 fully saturated rings. The molecule has 2 rings (SSSR count). The summed E-state index contributed by atoms with van der Waals surface area (Å²) in [6.07, 6.45) is 2.29. The van der Waals surface area contributed by atoms with Gasteiger partial charge in [0.25, 0.3) is 0 Å². The first-order chi connectivity index (χ1) is 7.51. The zero-order chi connectivity index (χ0) is 11.8. The molecule has 0 aromatic heterocycles. The fourth-order valence-electron chi connectivity index (χ4n) is 2.50. The molecule has 0 heterocycles. The van der Waals surface area contributed by atoms with E-state index in [1.54, 1.807) is 13.0 Å². The van der Waals surface area contributed by atoms with E-state index in [1.165, 1.54) is 12.1 Å². The highest BCUT2D eigenvalue weighted by Crippen LogP contribution is 2.41. The predicted molar refractivity (Wildman–Crippen MR) is 60.4 cm³/mol. The van der Waals surface area contributed by atoms with E-state index in [4.69, 9.17) is 5.73 Å². The van der Waals surface area contributed by atoms with Gasteiger partial charge in [-0.3, -0.25) is 0 Å². The van der Waals surface area contributed by atoms with Gasteiger partial charge in [0.1, 0.15) is 11.5 Å². The molecule has 0 spiro atoms. The average molecular weight is 225 g/mol. The Bertz CT molecular complexity index is 382. The molecule has 2 N–H and O–H groups in total. The third-order valence-electron chi connectivity index (χ3n) is 3.49. The van der Waals surface area contributed by atoms with Crippen LogP contribution in [-0.4, -0.2) is 6.04 Å². The monoisotopic (exact) mass is 225 g/mol. The lowest BCUT2D eigenvalue weighted by atomic mass is 9.78. The SMILES string of the molecule is Cc1cc(F)ccc1C1(F)CCC(N)CC1. The van der Waals surface area contributed by atoms with E-state index in [1.807, 2.05) is 0 Å². The average Bonchev–Trinajstić information content (AvgIpc) is 2.22. The molecule has 1 nitrogen and oxygen atoms in total. The Morgan fingerprint density at radius 3 is 2.50 bits per heavy atom. The normalized spacial score (nSPS) is 30.4. The summed E-state index contributed by atoms with van der Waals surface area (Å²) >= 11 is 0. The number of hydrogen-bond acceptors (Lipinski definition) is 1. The molecule has 1 saturated carbocycles. The Morgan fingerprint density at radius 2 is 1.94 bits per heavy atom. The minimum atomic E-state index is -1.31. The number of hydrogen-bond donors (Lipinski definition) is 1. The van der Waals surface area contributed by atoms with Crippen LogP contribution in [0.25, 0.3) is 0 Å². The molecule has 16 heavy (non-hydrogen) atoms. The Morgan fingerprint density at radius 1 is 1.31 bits per heavy atom. The highest BCUT2D eigenvalue weighted by molar-refractivity contribution is 5.32. The van der Waals surface area contributed by atoms with Crippen molar-refractivity contribution >= 4 is 0 Å². The van der Waals surface area contributed by atoms with Crippen LogP contribution in [0.3, 0.4) is 0 Å². The lowest BCUT2D eigenvalue weighted by Gasteiger charge is -2.33. The van der Waals surface area contributed by atoms with Crippen LogP contribution in [-0.2, 0) is 5.67 Å². The molecule has 1 aliphatic carbocycles. The number of alkyl halides is 1. The van der Waals surface area contributed by atoms with E-state index in [-0.39, 0.29) is 11.9 Å². The van der Waals surface area contributed by atoms with E-state index in [0.717, 1.165) is 0 Å². The van der Waals surface area contributed by atoms with Gasteiger partial charge in [-0.15, -0.1) is 0 Å². The summed E-state index contributed by atoms with van der Waals surface area (Å²) in [6, 6.07) is 4.41. The summed E-state index contributed by atoms with van der Waals surface area (Å²) in [5, 5.41) is 0. The minimum absolute atomic E-state index is 0.115. The predicted octanol–water partition coefficient (Wildman–Crippen LogP) is 3.20. The maximum Gasteiger partial charge on any atom is 0.136 e. The van der Waals surface area contributed by atoms with Crippen LogP contribution in [0.5, 0.6) is 0 Å². The number of rotatable bonds is 1. The smallest absolute Gasteiger partial charge is 0.136 e. The van der Waals surface area contributed by atoms with Crippen LogP contribution in [0.2, 0.25) is 0 Å². The molecule has 0 saturated heterocycles. The lowest BCUT2D eigenvalue weighted by molar-refractivity contribution is 0.0971. The third-order valence-corrected chi connectivity index (χ3v) is 3.49. The Labute approximate surface area is 94.7 Å². The molecule has 3 heteroatoms. The molecule has 1 aromatic carbocycles. The Balaban J connectivity index is 2.29. The number of nitrogens with two attached hydrogens (primary N) is 1. The second-order valence-corrected chi connectivity index (χ2v) is 4.76. The van der Waals surface area contributed by atoms with E-state index >= 15 is 0 Å². The van der Waals surface area contributed by atoms with E-state index < -0.39 is 5.67 Å². The Hall–Kier alpha value is -0.960. The number of benzene rings is 1. The first kappa shape index (κ1) is 11.5. The summed E-state index contributed by atoms with van der Waals surface area (Å²) in [6.45, 7) is 1.76. The van der Waals surface area contributed by atoms with Crippen molar-refractivity contribution in [2.45, 2.75) is 44.3 Å². The summed E-state index contributed by atoms with van der Waals surface area (Å²) < 4.78 is 27.7. The zero-order valence-electron chi connectivity index (χ0n) is 9.47. The largest absolute Gasteiger partial charge is 0.328 e. The van der Waals surface area contributed by atoms with Gasteiger partial charge in [0.2, 0.25) is 0 Å². The van der Waals surface area contributed by atoms with Crippen LogP contribution in [0.1, 0.15) is 36.8 Å². The molecule has 1 aromatic rings. The van der Waals surface area contributed by atoms with Crippen molar-refractivity contribution < 1.29 is 8.78 Å². The molecule has 0 aliphatic heterocycles. The standard InChI is InChI=1S/C13H17F2N/c1-9-8-10(14)2-3-12(9)13(15)6-4-11(16)5-7-13/h2-3,8,11H,4-7,16H2,1H3. The summed E-state index contributed by atoms with van der Waals surface area (Å²) in [5.41, 5.74) is 5.78. The minimum Gasteiger partial charge on any atom is -0.328 e. The van der Waals surface area contributed by atoms with Gasteiger partial charge in [-0.1, -0.05) is 6.07 Å². The quantitative estimate of drug-likeness (QED) is 0.780. The Kier molecular flexibility index (Phi) is 2.98. The third kappa shape index (κ3) is 2.09. The molecule has 1 aliphatic rings. The first-order valence-corrected chi connectivity index (χ1v) is 5.72. The van der Waals surface area contributed by atoms with Crippen molar-refractivity contribution in [3.8, 4) is 0 Å². The van der Waals surface area contributed by atoms with Crippen molar-refractivity contribution in [2.75, 3.05) is 0 Å². The van der Waals surface area contributed by atoms with Crippen LogP contribution in [0.15, 0.2) is 18.2 Å². The molecular formula is C13H17F2N. The van der Waals surface area contributed by atoms with Gasteiger partial charge >= 0.3 is 0 Å². The maximum atomic E-state index is 14.7. The lowest BCUT2D eigenvalue weighted by Crippen LogP contribution is -2.34. The molecule has 0 atom stereocenters. The molecule has 0 bridgehead atoms. The molecule has 88 valence electrons. The van der Waals surface area contributed by atoms with Crippen molar-refractivity contribution in [1.82, 2.24) is 0 Å². The van der Waals surface area contributed by atoms with Crippen LogP contribution in [0, 0.1) is 12.7 Å². The van der Waals surface area contributed by atoms with Gasteiger partial charge in [-0.2, -0.15) is 0 Å². The fraction of sp³-hybridized carbons (Fsp3) is 0.538. The summed E-state index contributed by atoms with van der Waals surface area (Å²) in [7, 11) is 0. The van der Waals surface area contributed by atoms with Gasteiger partial charge in [0.15, 0.2) is 0 Å². The maximum absolute atomic E-state index is 14.7. The van der Waals surface area contributed by atoms with E-state index in [9.17, 15) is 8.78 Å². The molecule has 0 unspecified atom stereocenters. The van der Waals surface area contributed by atoms with Crippen LogP contribution >= 0.6 is 0 Å². The van der Waals surface area contributed by atoms with E-state index in [0.29, 0.717) is 36.8 Å². The first-order valence-electron chi connectivity index (χ1n) is 5.72. The molecular weight excluding hydrogens is 208 g/mol. The van der Waals surface area contributed by atoms with Crippen molar-refractivity contribution in [2.24, 2.45) is 5.73 Å². The van der Waals surface area contributed by atoms with Gasteiger partial charge < -0.3 is 5.73 Å². The summed E-state index contributed by atoms with van der Waals surface area (Å²) in [4.78, 5) is 0. The highest BCUT2D eigenvalue weighted by Gasteiger charge is 2.36. The van der Waals surface area contributed by atoms with Crippen LogP contribution in [0.4, 0.5) is 8.78 Å². The van der Waals surface area contributed by atoms with Gasteiger partial charge in [0, 0.05) is 6.04 Å². The second kappa shape index (κ2) is 4.13. The van der Waals surface area contributed by atoms with Crippen molar-refractivity contribution in [3.05, 3.63) is 35.1 Å².